The highest BCUT2D eigenvalue weighted by atomic mass is 35.5. The molecule has 3 heterocycles. The van der Waals surface area contributed by atoms with Crippen LogP contribution in [-0.2, 0) is 23.9 Å². The van der Waals surface area contributed by atoms with Crippen molar-refractivity contribution in [1.29, 1.82) is 0 Å². The molecule has 2 bridgehead atoms. The minimum Gasteiger partial charge on any atom is -0.466 e. The zero-order valence-corrected chi connectivity index (χ0v) is 21.8. The molecule has 0 aromatic heterocycles. The fourth-order valence-electron chi connectivity index (χ4n) is 6.60. The fourth-order valence-corrected chi connectivity index (χ4v) is 6.87. The predicted molar refractivity (Wildman–Crippen MR) is 137 cm³/mol. The Kier molecular flexibility index (Phi) is 6.54. The van der Waals surface area contributed by atoms with Gasteiger partial charge in [-0.05, 0) is 50.8 Å². The summed E-state index contributed by atoms with van der Waals surface area (Å²) in [5.41, 5.74) is -0.290. The summed E-state index contributed by atoms with van der Waals surface area (Å²) in [6.07, 6.45) is 0.914. The first-order chi connectivity index (χ1) is 17.7. The van der Waals surface area contributed by atoms with Crippen LogP contribution in [0.1, 0.15) is 43.9 Å². The first kappa shape index (κ1) is 25.7. The number of aliphatic hydroxyl groups excluding tert-OH is 1. The average Bonchev–Trinajstić information content (AvgIpc) is 3.44. The lowest BCUT2D eigenvalue weighted by molar-refractivity contribution is -0.160. The maximum absolute atomic E-state index is 14.2. The van der Waals surface area contributed by atoms with Crippen molar-refractivity contribution in [3.05, 3.63) is 64.7 Å². The number of likely N-dealkylation sites (tertiary alicyclic amines) is 1. The van der Waals surface area contributed by atoms with Gasteiger partial charge < -0.3 is 24.8 Å². The third-order valence-corrected chi connectivity index (χ3v) is 8.48. The molecule has 0 saturated carbocycles. The highest BCUT2D eigenvalue weighted by Gasteiger charge is 2.78. The number of rotatable bonds is 7. The highest BCUT2D eigenvalue weighted by molar-refractivity contribution is 6.34. The number of aryl methyl sites for hydroxylation is 1. The molecule has 2 aromatic rings. The Bertz CT molecular complexity index is 1220. The molecule has 37 heavy (non-hydrogen) atoms. The van der Waals surface area contributed by atoms with E-state index < -0.39 is 59.5 Å². The number of fused-ring (bicyclic) bond motifs is 1. The van der Waals surface area contributed by atoms with Crippen LogP contribution in [0.25, 0.3) is 0 Å². The number of nitrogens with one attached hydrogen (secondary N) is 1. The fraction of sp³-hybridized carbons (Fsp3) is 0.464. The number of carbonyl (C=O) groups is 3. The Balaban J connectivity index is 1.63. The van der Waals surface area contributed by atoms with Gasteiger partial charge in [-0.3, -0.25) is 14.4 Å². The van der Waals surface area contributed by atoms with Crippen LogP contribution in [0.15, 0.2) is 48.5 Å². The summed E-state index contributed by atoms with van der Waals surface area (Å²) in [6, 6.07) is 12.4. The summed E-state index contributed by atoms with van der Waals surface area (Å²) in [4.78, 5) is 42.9. The number of ether oxygens (including phenoxy) is 2. The van der Waals surface area contributed by atoms with E-state index >= 15 is 0 Å². The van der Waals surface area contributed by atoms with Crippen molar-refractivity contribution in [2.45, 2.75) is 56.9 Å². The summed E-state index contributed by atoms with van der Waals surface area (Å²) in [5, 5.41) is 13.8. The van der Waals surface area contributed by atoms with E-state index in [0.29, 0.717) is 29.1 Å². The van der Waals surface area contributed by atoms with E-state index in [1.54, 1.807) is 31.2 Å². The van der Waals surface area contributed by atoms with Crippen LogP contribution in [0, 0.1) is 18.8 Å². The molecule has 3 aliphatic rings. The number of carbonyl (C=O) groups excluding carboxylic acids is 3. The van der Waals surface area contributed by atoms with E-state index in [4.69, 9.17) is 21.1 Å². The van der Waals surface area contributed by atoms with Gasteiger partial charge in [-0.25, -0.2) is 0 Å². The normalized spacial score (nSPS) is 30.8. The smallest absolute Gasteiger partial charge is 0.312 e. The highest BCUT2D eigenvalue weighted by Crippen LogP contribution is 2.64. The number of benzene rings is 2. The third-order valence-electron chi connectivity index (χ3n) is 8.17. The molecule has 3 saturated heterocycles. The van der Waals surface area contributed by atoms with Crippen LogP contribution in [0.5, 0.6) is 0 Å². The monoisotopic (exact) mass is 526 g/mol. The van der Waals surface area contributed by atoms with Gasteiger partial charge in [-0.1, -0.05) is 54.1 Å². The molecule has 2 aromatic carbocycles. The van der Waals surface area contributed by atoms with Gasteiger partial charge in [0.2, 0.25) is 11.8 Å². The maximum Gasteiger partial charge on any atom is 0.312 e. The summed E-state index contributed by atoms with van der Waals surface area (Å²) in [6.45, 7) is 5.12. The Morgan fingerprint density at radius 2 is 1.95 bits per heavy atom. The number of anilines is 1. The van der Waals surface area contributed by atoms with Gasteiger partial charge in [0.25, 0.3) is 0 Å². The van der Waals surface area contributed by atoms with E-state index in [-0.39, 0.29) is 6.61 Å². The number of hydrogen-bond donors (Lipinski definition) is 2. The second-order valence-corrected chi connectivity index (χ2v) is 10.7. The molecule has 3 fully saturated rings. The predicted octanol–water partition coefficient (Wildman–Crippen LogP) is 3.65. The van der Waals surface area contributed by atoms with Crippen molar-refractivity contribution in [1.82, 2.24) is 4.90 Å². The van der Waals surface area contributed by atoms with Crippen molar-refractivity contribution in [2.75, 3.05) is 18.5 Å². The maximum atomic E-state index is 14.2. The van der Waals surface area contributed by atoms with Crippen LogP contribution in [0.4, 0.5) is 5.69 Å². The van der Waals surface area contributed by atoms with Crippen LogP contribution in [-0.4, -0.2) is 58.2 Å². The summed E-state index contributed by atoms with van der Waals surface area (Å²) in [7, 11) is 0. The lowest BCUT2D eigenvalue weighted by Crippen LogP contribution is -2.54. The van der Waals surface area contributed by atoms with Crippen molar-refractivity contribution in [2.24, 2.45) is 11.8 Å². The Hall–Kier alpha value is -2.94. The first-order valence-electron chi connectivity index (χ1n) is 12.6. The minimum absolute atomic E-state index is 0.169. The van der Waals surface area contributed by atoms with Crippen molar-refractivity contribution < 1.29 is 29.0 Å². The zero-order chi connectivity index (χ0) is 26.5. The van der Waals surface area contributed by atoms with Crippen LogP contribution in [0.2, 0.25) is 5.02 Å². The second-order valence-electron chi connectivity index (χ2n) is 10.3. The number of halogens is 1. The molecule has 196 valence electrons. The van der Waals surface area contributed by atoms with Crippen molar-refractivity contribution in [3.8, 4) is 0 Å². The lowest BCUT2D eigenvalue weighted by atomic mass is 9.66. The topological polar surface area (TPSA) is 105 Å². The molecule has 0 aliphatic carbocycles. The average molecular weight is 527 g/mol. The van der Waals surface area contributed by atoms with E-state index in [9.17, 15) is 19.5 Å². The summed E-state index contributed by atoms with van der Waals surface area (Å²) in [5.74, 6) is -3.15. The molecule has 8 nitrogen and oxygen atoms in total. The summed E-state index contributed by atoms with van der Waals surface area (Å²) >= 11 is 6.41. The largest absolute Gasteiger partial charge is 0.466 e. The first-order valence-corrected chi connectivity index (χ1v) is 13.0. The molecule has 0 radical (unpaired) electrons. The van der Waals surface area contributed by atoms with E-state index in [2.05, 4.69) is 5.32 Å². The molecule has 1 spiro atoms. The van der Waals surface area contributed by atoms with E-state index in [0.717, 1.165) is 5.56 Å². The number of esters is 1. The standard InChI is InChI=1S/C28H31ClN2O6/c1-4-36-26(35)21-20-25(34)31(19(15-32)17-10-6-5-7-11-17)23(28(20)14-13-27(21,3)37-28)24(33)30-22-16(2)9-8-12-18(22)29/h5-12,19-21,23,32H,4,13-15H2,1-3H3,(H,30,33)/t19-,20+,21+,23?,27-,28?/m1/s1. The van der Waals surface area contributed by atoms with Crippen molar-refractivity contribution in [3.63, 3.8) is 0 Å². The number of nitrogens with zero attached hydrogens (tertiary/aromatic N) is 1. The van der Waals surface area contributed by atoms with E-state index in [1.807, 2.05) is 38.1 Å². The minimum atomic E-state index is -1.25. The number of amides is 2. The van der Waals surface area contributed by atoms with Gasteiger partial charge >= 0.3 is 5.97 Å². The van der Waals surface area contributed by atoms with Gasteiger partial charge in [0.05, 0.1) is 41.5 Å². The van der Waals surface area contributed by atoms with E-state index in [1.165, 1.54) is 4.90 Å². The lowest BCUT2D eigenvalue weighted by Gasteiger charge is -2.37. The molecule has 5 rings (SSSR count). The van der Waals surface area contributed by atoms with Gasteiger partial charge in [-0.15, -0.1) is 0 Å². The van der Waals surface area contributed by atoms with Gasteiger partial charge in [0, 0.05) is 0 Å². The summed E-state index contributed by atoms with van der Waals surface area (Å²) < 4.78 is 11.9. The van der Waals surface area contributed by atoms with Crippen LogP contribution >= 0.6 is 11.6 Å². The van der Waals surface area contributed by atoms with Crippen LogP contribution < -0.4 is 5.32 Å². The Morgan fingerprint density at radius 3 is 2.59 bits per heavy atom. The van der Waals surface area contributed by atoms with Gasteiger partial charge in [0.1, 0.15) is 17.6 Å². The molecular formula is C28H31ClN2O6. The van der Waals surface area contributed by atoms with Crippen LogP contribution in [0.3, 0.4) is 0 Å². The van der Waals surface area contributed by atoms with Crippen molar-refractivity contribution >= 4 is 35.1 Å². The quantitative estimate of drug-likeness (QED) is 0.534. The van der Waals surface area contributed by atoms with Gasteiger partial charge in [-0.2, -0.15) is 0 Å². The molecule has 2 N–H and O–H groups in total. The Labute approximate surface area is 220 Å². The van der Waals surface area contributed by atoms with Gasteiger partial charge in [0.15, 0.2) is 0 Å². The molecule has 6 atom stereocenters. The third kappa shape index (κ3) is 3.85. The molecule has 3 aliphatic heterocycles. The Morgan fingerprint density at radius 1 is 1.22 bits per heavy atom. The molecular weight excluding hydrogens is 496 g/mol. The molecule has 9 heteroatoms. The molecule has 2 amide bonds. The number of aliphatic hydroxyl groups is 1. The molecule has 2 unspecified atom stereocenters. The SMILES string of the molecule is CCOC(=O)[C@@H]1[C@H]2C(=O)N([C@H](CO)c3ccccc3)C(C(=O)Nc3c(C)cccc3Cl)C23CC[C@@]1(C)O3. The number of hydrogen-bond acceptors (Lipinski definition) is 6. The second kappa shape index (κ2) is 9.42. The number of para-hydroxylation sites is 1. The zero-order valence-electron chi connectivity index (χ0n) is 21.1.